The number of nitrogens with one attached hydrogen (secondary N) is 2. The smallest absolute Gasteiger partial charge is 0.265 e. The molecule has 0 aliphatic heterocycles. The molecule has 0 bridgehead atoms. The second kappa shape index (κ2) is 19.6. The standard InChI is InChI=1S/C21H26NO.2C15H13NO.C15H14NO/c1-20(2,3)18-11-15-9-14-7-8-22(23)13-17(14)10-16(15)12-19(18)21(4,5)6;1-9-5-12-7-11-3-4-16-15(17)14(11)8-13(12)6-10(9)2;1-9-5-12-7-11-3-4-15(17)16-14(11)8-13(12)6-10(9)2;1-10-6-13-8-12-4-3-5-16(17)15(12)9-14(13)7-11(10)2/h7-13,23H,1-6H3;2*3-8H,1-2H3,(H,16,17);3-9,17H,1-2H3/q+1;;;+1. The van der Waals surface area contributed by atoms with E-state index in [0.29, 0.717) is 0 Å². The zero-order valence-corrected chi connectivity index (χ0v) is 44.6. The minimum Gasteiger partial charge on any atom is -0.329 e. The van der Waals surface area contributed by atoms with Crippen molar-refractivity contribution >= 4 is 86.4 Å². The molecule has 12 aromatic rings. The van der Waals surface area contributed by atoms with Crippen molar-refractivity contribution in [2.24, 2.45) is 0 Å². The maximum Gasteiger partial charge on any atom is 0.265 e. The third kappa shape index (κ3) is 10.6. The summed E-state index contributed by atoms with van der Waals surface area (Å²) < 4.78 is 2.28. The molecule has 0 radical (unpaired) electrons. The first-order valence-electron chi connectivity index (χ1n) is 25.2. The Balaban J connectivity index is 0.000000122. The van der Waals surface area contributed by atoms with Crippen LogP contribution in [0.3, 0.4) is 0 Å². The molecule has 12 rings (SSSR count). The van der Waals surface area contributed by atoms with Crippen LogP contribution in [-0.2, 0) is 10.8 Å². The van der Waals surface area contributed by atoms with Crippen molar-refractivity contribution < 1.29 is 19.9 Å². The highest BCUT2D eigenvalue weighted by atomic mass is 16.5. The van der Waals surface area contributed by atoms with E-state index in [4.69, 9.17) is 0 Å². The van der Waals surface area contributed by atoms with Gasteiger partial charge in [-0.3, -0.25) is 20.0 Å². The van der Waals surface area contributed by atoms with Crippen LogP contribution in [0.25, 0.3) is 86.4 Å². The third-order valence-electron chi connectivity index (χ3n) is 14.5. The maximum absolute atomic E-state index is 11.7. The lowest BCUT2D eigenvalue weighted by molar-refractivity contribution is -0.903. The number of benzene rings is 8. The van der Waals surface area contributed by atoms with Crippen molar-refractivity contribution in [2.45, 2.75) is 93.9 Å². The lowest BCUT2D eigenvalue weighted by atomic mass is 9.74. The van der Waals surface area contributed by atoms with E-state index in [1.807, 2.05) is 48.5 Å². The number of H-pyrrole nitrogens is 2. The minimum atomic E-state index is -0.0549. The van der Waals surface area contributed by atoms with Crippen LogP contribution < -0.4 is 20.6 Å². The van der Waals surface area contributed by atoms with Crippen LogP contribution in [0.15, 0.2) is 168 Å². The van der Waals surface area contributed by atoms with Gasteiger partial charge in [0, 0.05) is 50.8 Å². The van der Waals surface area contributed by atoms with Gasteiger partial charge in [0.05, 0.1) is 10.8 Å². The lowest BCUT2D eigenvalue weighted by Gasteiger charge is -2.30. The van der Waals surface area contributed by atoms with Gasteiger partial charge in [-0.25, -0.2) is 0 Å². The average molecular weight is 979 g/mol. The van der Waals surface area contributed by atoms with Gasteiger partial charge in [-0.2, -0.15) is 0 Å². The first-order chi connectivity index (χ1) is 35.0. The SMILES string of the molecule is CC(C)(C)c1cc2cc3cc[n+](O)cc3cc2cc1C(C)(C)C.Cc1cc2cc3cc[nH]c(=O)c3cc2cc1C.Cc1cc2cc3ccc(=O)[nH]c3cc2cc1C.Cc1cc2cc3ccc[n+](O)c3cc2cc1C. The quantitative estimate of drug-likeness (QED) is 0.0688. The molecule has 0 spiro atoms. The lowest BCUT2D eigenvalue weighted by Crippen LogP contribution is -2.29. The van der Waals surface area contributed by atoms with Gasteiger partial charge >= 0.3 is 0 Å². The molecule has 0 aliphatic carbocycles. The highest BCUT2D eigenvalue weighted by Crippen LogP contribution is 2.38. The zero-order valence-electron chi connectivity index (χ0n) is 44.6. The van der Waals surface area contributed by atoms with E-state index in [-0.39, 0.29) is 21.9 Å². The molecule has 0 unspecified atom stereocenters. The van der Waals surface area contributed by atoms with E-state index >= 15 is 0 Å². The van der Waals surface area contributed by atoms with E-state index in [1.54, 1.807) is 30.9 Å². The molecule has 8 nitrogen and oxygen atoms in total. The number of nitrogens with zero attached hydrogens (tertiary/aromatic N) is 2. The van der Waals surface area contributed by atoms with Gasteiger partial charge in [-0.05, 0) is 217 Å². The third-order valence-corrected chi connectivity index (χ3v) is 14.5. The van der Waals surface area contributed by atoms with Gasteiger partial charge in [0.2, 0.25) is 24.1 Å². The van der Waals surface area contributed by atoms with Crippen molar-refractivity contribution in [1.82, 2.24) is 9.97 Å². The van der Waals surface area contributed by atoms with Crippen LogP contribution >= 0.6 is 0 Å². The first-order valence-corrected chi connectivity index (χ1v) is 25.2. The van der Waals surface area contributed by atoms with Crippen molar-refractivity contribution in [3.05, 3.63) is 223 Å². The maximum atomic E-state index is 11.7. The Labute approximate surface area is 431 Å². The van der Waals surface area contributed by atoms with Gasteiger partial charge < -0.3 is 9.97 Å². The van der Waals surface area contributed by atoms with Crippen molar-refractivity contribution in [1.29, 1.82) is 0 Å². The molecule has 0 atom stereocenters. The molecule has 0 aliphatic rings. The van der Waals surface area contributed by atoms with E-state index in [2.05, 4.69) is 172 Å². The average Bonchev–Trinajstić information content (AvgIpc) is 3.33. The van der Waals surface area contributed by atoms with Crippen molar-refractivity contribution in [3.63, 3.8) is 0 Å². The monoisotopic (exact) mass is 979 g/mol. The number of hydrogen-bond donors (Lipinski definition) is 4. The molecule has 0 saturated heterocycles. The topological polar surface area (TPSA) is 114 Å². The number of fused-ring (bicyclic) bond motifs is 8. The second-order valence-corrected chi connectivity index (χ2v) is 22.2. The first kappa shape index (κ1) is 50.6. The second-order valence-electron chi connectivity index (χ2n) is 22.2. The summed E-state index contributed by atoms with van der Waals surface area (Å²) >= 11 is 0. The van der Waals surface area contributed by atoms with Crippen LogP contribution in [0.5, 0.6) is 0 Å². The summed E-state index contributed by atoms with van der Waals surface area (Å²) in [6.45, 7) is 26.3. The van der Waals surface area contributed by atoms with Gasteiger partial charge in [0.15, 0.2) is 0 Å². The Hall–Kier alpha value is -8.36. The minimum absolute atomic E-state index is 0.0253. The largest absolute Gasteiger partial charge is 0.329 e. The number of aromatic amines is 2. The molecular formula is C66H66N4O4+2. The van der Waals surface area contributed by atoms with Crippen molar-refractivity contribution in [3.8, 4) is 0 Å². The highest BCUT2D eigenvalue weighted by Gasteiger charge is 2.26. The Kier molecular flexibility index (Phi) is 13.4. The van der Waals surface area contributed by atoms with Gasteiger partial charge in [0.1, 0.15) is 0 Å². The molecule has 372 valence electrons. The van der Waals surface area contributed by atoms with Crippen molar-refractivity contribution in [2.75, 3.05) is 0 Å². The number of hydrogen-bond acceptors (Lipinski definition) is 4. The Morgan fingerprint density at radius 2 is 0.878 bits per heavy atom. The molecule has 4 N–H and O–H groups in total. The van der Waals surface area contributed by atoms with Crippen LogP contribution in [0, 0.1) is 41.5 Å². The number of aromatic nitrogens is 4. The molecule has 0 amide bonds. The fraction of sp³-hybridized carbons (Fsp3) is 0.212. The normalized spacial score (nSPS) is 11.7. The predicted octanol–water partition coefficient (Wildman–Crippen LogP) is 14.8. The van der Waals surface area contributed by atoms with E-state index < -0.39 is 0 Å². The fourth-order valence-corrected chi connectivity index (χ4v) is 9.84. The molecule has 4 aromatic heterocycles. The summed E-state index contributed by atoms with van der Waals surface area (Å²) in [7, 11) is 0. The summed E-state index contributed by atoms with van der Waals surface area (Å²) in [5.41, 5.74) is 12.3. The summed E-state index contributed by atoms with van der Waals surface area (Å²) in [5, 5.41) is 35.0. The molecule has 0 saturated carbocycles. The summed E-state index contributed by atoms with van der Waals surface area (Å²) in [6.07, 6.45) is 6.76. The number of rotatable bonds is 0. The fourth-order valence-electron chi connectivity index (χ4n) is 9.84. The van der Waals surface area contributed by atoms with Gasteiger partial charge in [-0.1, -0.05) is 90.1 Å². The molecule has 8 aromatic carbocycles. The Morgan fingerprint density at radius 3 is 1.43 bits per heavy atom. The summed E-state index contributed by atoms with van der Waals surface area (Å²) in [4.78, 5) is 28.6. The van der Waals surface area contributed by atoms with Crippen LogP contribution in [-0.4, -0.2) is 20.4 Å². The summed E-state index contributed by atoms with van der Waals surface area (Å²) in [6, 6.07) is 45.6. The Morgan fingerprint density at radius 1 is 0.419 bits per heavy atom. The molecular weight excluding hydrogens is 913 g/mol. The van der Waals surface area contributed by atoms with E-state index in [0.717, 1.165) is 58.9 Å². The van der Waals surface area contributed by atoms with E-state index in [9.17, 15) is 20.0 Å². The Bertz CT molecular complexity index is 4290. The predicted molar refractivity (Wildman–Crippen MR) is 308 cm³/mol. The van der Waals surface area contributed by atoms with Crippen LogP contribution in [0.4, 0.5) is 0 Å². The van der Waals surface area contributed by atoms with Crippen LogP contribution in [0.2, 0.25) is 0 Å². The summed E-state index contributed by atoms with van der Waals surface area (Å²) in [5.74, 6) is 0. The molecule has 8 heteroatoms. The highest BCUT2D eigenvalue weighted by molar-refractivity contribution is 6.00. The zero-order chi connectivity index (χ0) is 53.0. The number of pyridine rings is 4. The molecule has 4 heterocycles. The van der Waals surface area contributed by atoms with Gasteiger partial charge in [-0.15, -0.1) is 0 Å². The van der Waals surface area contributed by atoms with E-state index in [1.165, 1.54) is 81.6 Å². The molecule has 74 heavy (non-hydrogen) atoms. The molecule has 0 fully saturated rings. The van der Waals surface area contributed by atoms with Gasteiger partial charge in [0.25, 0.3) is 11.1 Å². The van der Waals surface area contributed by atoms with Crippen LogP contribution in [0.1, 0.15) is 86.1 Å². The number of aryl methyl sites for hydroxylation is 6.